The monoisotopic (exact) mass is 155 g/mol. The summed E-state index contributed by atoms with van der Waals surface area (Å²) in [5.41, 5.74) is 0.234. The summed E-state index contributed by atoms with van der Waals surface area (Å²) in [7, 11) is 0. The van der Waals surface area contributed by atoms with Gasteiger partial charge in [-0.25, -0.2) is 5.11 Å². The van der Waals surface area contributed by atoms with Crippen molar-refractivity contribution in [1.29, 1.82) is 0 Å². The van der Waals surface area contributed by atoms with Crippen molar-refractivity contribution in [2.45, 2.75) is 6.61 Å². The minimum absolute atomic E-state index is 0.234. The molecule has 1 rings (SSSR count). The third-order valence-electron chi connectivity index (χ3n) is 1.30. The first-order chi connectivity index (χ1) is 5.15. The summed E-state index contributed by atoms with van der Waals surface area (Å²) in [6.45, 7) is -0.540. The van der Waals surface area contributed by atoms with E-state index >= 15 is 0 Å². The number of phenols is 3. The van der Waals surface area contributed by atoms with E-state index in [-0.39, 0.29) is 5.56 Å². The summed E-state index contributed by atoms with van der Waals surface area (Å²) in [6, 6.07) is 2.23. The highest BCUT2D eigenvalue weighted by Gasteiger charge is 2.06. The molecule has 1 aromatic rings. The average Bonchev–Trinajstić information content (AvgIpc) is 1.99. The molecule has 0 amide bonds. The molecule has 0 saturated heterocycles. The van der Waals surface area contributed by atoms with Crippen LogP contribution in [0.25, 0.3) is 0 Å². The Morgan fingerprint density at radius 2 is 1.55 bits per heavy atom. The number of hydrogen-bond acceptors (Lipinski definition) is 3. The second-order valence-corrected chi connectivity index (χ2v) is 2.13. The maximum Gasteiger partial charge on any atom is 0.200 e. The first-order valence-electron chi connectivity index (χ1n) is 2.97. The number of phenolic OH excluding ortho intramolecular Hbond substituents is 3. The fourth-order valence-electron chi connectivity index (χ4n) is 0.744. The lowest BCUT2D eigenvalue weighted by Gasteiger charge is -2.01. The summed E-state index contributed by atoms with van der Waals surface area (Å²) in [5, 5.41) is 36.8. The summed E-state index contributed by atoms with van der Waals surface area (Å²) < 4.78 is 0. The van der Waals surface area contributed by atoms with Crippen molar-refractivity contribution >= 4 is 0 Å². The van der Waals surface area contributed by atoms with Crippen LogP contribution in [-0.2, 0) is 11.7 Å². The summed E-state index contributed by atoms with van der Waals surface area (Å²) in [4.78, 5) is 0. The molecular weight excluding hydrogens is 148 g/mol. The van der Waals surface area contributed by atoms with Crippen molar-refractivity contribution in [1.82, 2.24) is 0 Å². The first kappa shape index (κ1) is 7.68. The van der Waals surface area contributed by atoms with Crippen molar-refractivity contribution in [3.8, 4) is 17.2 Å². The van der Waals surface area contributed by atoms with Crippen LogP contribution in [-0.4, -0.2) is 15.3 Å². The van der Waals surface area contributed by atoms with E-state index in [4.69, 9.17) is 15.3 Å². The van der Waals surface area contributed by atoms with Crippen LogP contribution >= 0.6 is 0 Å². The van der Waals surface area contributed by atoms with E-state index in [9.17, 15) is 5.11 Å². The lowest BCUT2D eigenvalue weighted by atomic mass is 10.2. The summed E-state index contributed by atoms with van der Waals surface area (Å²) >= 11 is 0. The van der Waals surface area contributed by atoms with E-state index in [1.165, 1.54) is 0 Å². The summed E-state index contributed by atoms with van der Waals surface area (Å²) in [6.07, 6.45) is 0. The van der Waals surface area contributed by atoms with Gasteiger partial charge in [0.25, 0.3) is 0 Å². The zero-order valence-corrected chi connectivity index (χ0v) is 5.61. The van der Waals surface area contributed by atoms with Gasteiger partial charge in [-0.05, 0) is 17.7 Å². The molecule has 4 nitrogen and oxygen atoms in total. The lowest BCUT2D eigenvalue weighted by Crippen LogP contribution is -1.81. The molecule has 0 aliphatic heterocycles. The van der Waals surface area contributed by atoms with Gasteiger partial charge in [-0.15, -0.1) is 0 Å². The molecule has 0 spiro atoms. The molecule has 59 valence electrons. The van der Waals surface area contributed by atoms with Crippen LogP contribution in [0.15, 0.2) is 12.1 Å². The van der Waals surface area contributed by atoms with E-state index in [1.54, 1.807) is 0 Å². The van der Waals surface area contributed by atoms with E-state index < -0.39 is 23.9 Å². The first-order valence-corrected chi connectivity index (χ1v) is 2.97. The standard InChI is InChI=1S/C7H7O4/c8-3-4-1-5(9)7(11)6(10)2-4/h1-2,9-11H,3H2. The van der Waals surface area contributed by atoms with Gasteiger partial charge in [0.2, 0.25) is 0 Å². The molecule has 0 atom stereocenters. The SMILES string of the molecule is [O]Cc1cc(O)c(O)c(O)c1. The van der Waals surface area contributed by atoms with Crippen LogP contribution in [0.4, 0.5) is 0 Å². The minimum atomic E-state index is -0.595. The van der Waals surface area contributed by atoms with Gasteiger partial charge in [0.1, 0.15) is 6.61 Å². The van der Waals surface area contributed by atoms with Crippen molar-refractivity contribution in [2.24, 2.45) is 0 Å². The zero-order valence-electron chi connectivity index (χ0n) is 5.61. The van der Waals surface area contributed by atoms with Crippen molar-refractivity contribution < 1.29 is 20.4 Å². The molecule has 0 heterocycles. The van der Waals surface area contributed by atoms with Crippen LogP contribution in [0.1, 0.15) is 5.56 Å². The van der Waals surface area contributed by atoms with Crippen LogP contribution in [0.3, 0.4) is 0 Å². The Hall–Kier alpha value is -1.42. The minimum Gasteiger partial charge on any atom is -0.504 e. The molecule has 1 radical (unpaired) electrons. The van der Waals surface area contributed by atoms with Gasteiger partial charge < -0.3 is 15.3 Å². The predicted molar refractivity (Wildman–Crippen MR) is 35.8 cm³/mol. The molecule has 0 saturated carbocycles. The van der Waals surface area contributed by atoms with E-state index in [2.05, 4.69) is 0 Å². The molecular formula is C7H7O4. The van der Waals surface area contributed by atoms with Crippen molar-refractivity contribution in [3.05, 3.63) is 17.7 Å². The Morgan fingerprint density at radius 1 is 1.09 bits per heavy atom. The molecule has 0 aliphatic carbocycles. The highest BCUT2D eigenvalue weighted by molar-refractivity contribution is 5.50. The van der Waals surface area contributed by atoms with E-state index in [0.717, 1.165) is 12.1 Å². The number of rotatable bonds is 1. The van der Waals surface area contributed by atoms with Gasteiger partial charge in [-0.1, -0.05) is 0 Å². The molecule has 0 unspecified atom stereocenters. The zero-order chi connectivity index (χ0) is 8.43. The second-order valence-electron chi connectivity index (χ2n) is 2.13. The van der Waals surface area contributed by atoms with Gasteiger partial charge in [0, 0.05) is 0 Å². The summed E-state index contributed by atoms with van der Waals surface area (Å²) in [5.74, 6) is -1.55. The van der Waals surface area contributed by atoms with Crippen molar-refractivity contribution in [2.75, 3.05) is 0 Å². The molecule has 0 fully saturated rings. The molecule has 0 aromatic heterocycles. The quantitative estimate of drug-likeness (QED) is 0.523. The third kappa shape index (κ3) is 1.35. The Kier molecular flexibility index (Phi) is 1.87. The smallest absolute Gasteiger partial charge is 0.200 e. The molecule has 1 aromatic carbocycles. The normalized spacial score (nSPS) is 9.91. The fourth-order valence-corrected chi connectivity index (χ4v) is 0.744. The Morgan fingerprint density at radius 3 is 1.91 bits per heavy atom. The second kappa shape index (κ2) is 2.67. The Balaban J connectivity index is 3.21. The predicted octanol–water partition coefficient (Wildman–Crippen LogP) is 0.734. The molecule has 0 aliphatic rings. The molecule has 3 N–H and O–H groups in total. The molecule has 11 heavy (non-hydrogen) atoms. The average molecular weight is 155 g/mol. The lowest BCUT2D eigenvalue weighted by molar-refractivity contribution is 0.177. The molecule has 4 heteroatoms. The van der Waals surface area contributed by atoms with Gasteiger partial charge in [0.05, 0.1) is 0 Å². The highest BCUT2D eigenvalue weighted by Crippen LogP contribution is 2.35. The van der Waals surface area contributed by atoms with Crippen LogP contribution in [0.2, 0.25) is 0 Å². The van der Waals surface area contributed by atoms with Gasteiger partial charge in [-0.2, -0.15) is 0 Å². The van der Waals surface area contributed by atoms with Gasteiger partial charge in [-0.3, -0.25) is 0 Å². The van der Waals surface area contributed by atoms with Gasteiger partial charge >= 0.3 is 0 Å². The van der Waals surface area contributed by atoms with Crippen molar-refractivity contribution in [3.63, 3.8) is 0 Å². The third-order valence-corrected chi connectivity index (χ3v) is 1.30. The van der Waals surface area contributed by atoms with E-state index in [0.29, 0.717) is 0 Å². The van der Waals surface area contributed by atoms with Crippen LogP contribution < -0.4 is 0 Å². The largest absolute Gasteiger partial charge is 0.504 e. The van der Waals surface area contributed by atoms with Crippen LogP contribution in [0.5, 0.6) is 17.2 Å². The molecule has 0 bridgehead atoms. The highest BCUT2D eigenvalue weighted by atomic mass is 16.3. The maximum atomic E-state index is 10.2. The fraction of sp³-hybridized carbons (Fsp3) is 0.143. The topological polar surface area (TPSA) is 80.6 Å². The van der Waals surface area contributed by atoms with E-state index in [1.807, 2.05) is 0 Å². The Labute approximate surface area is 63.0 Å². The van der Waals surface area contributed by atoms with Crippen LogP contribution in [0, 0.1) is 0 Å². The number of benzene rings is 1. The number of hydrogen-bond donors (Lipinski definition) is 3. The number of aromatic hydroxyl groups is 3. The maximum absolute atomic E-state index is 10.2. The Bertz CT molecular complexity index is 246. The van der Waals surface area contributed by atoms with Gasteiger partial charge in [0.15, 0.2) is 17.2 Å².